The lowest BCUT2D eigenvalue weighted by molar-refractivity contribution is -0.141. The molecule has 0 aliphatic heterocycles. The van der Waals surface area contributed by atoms with Gasteiger partial charge < -0.3 is 10.2 Å². The summed E-state index contributed by atoms with van der Waals surface area (Å²) in [6.07, 6.45) is 1.29. The van der Waals surface area contributed by atoms with Gasteiger partial charge in [0.05, 0.1) is 17.0 Å². The van der Waals surface area contributed by atoms with E-state index in [0.29, 0.717) is 11.6 Å². The van der Waals surface area contributed by atoms with Gasteiger partial charge in [-0.05, 0) is 43.2 Å². The third-order valence-electron chi connectivity index (χ3n) is 6.25. The first-order valence-electron chi connectivity index (χ1n) is 12.8. The average Bonchev–Trinajstić information content (AvgIpc) is 2.91. The molecule has 40 heavy (non-hydrogen) atoms. The van der Waals surface area contributed by atoms with Crippen LogP contribution in [-0.2, 0) is 32.6 Å². The maximum atomic E-state index is 14.7. The van der Waals surface area contributed by atoms with E-state index >= 15 is 0 Å². The van der Waals surface area contributed by atoms with Crippen LogP contribution in [0.15, 0.2) is 72.8 Å². The zero-order valence-electron chi connectivity index (χ0n) is 22.3. The summed E-state index contributed by atoms with van der Waals surface area (Å²) in [5.74, 6) is -1.27. The molecule has 0 fully saturated rings. The standard InChI is InChI=1S/C29H32Cl2FN3O4S/c1-3-33-29(37)27(18-21-10-5-4-6-11-21)34(20-22-12-7-8-13-25(22)32)28(36)14-9-17-35(40(2,38)39)26-19-23(30)15-16-24(26)31/h4-8,10-13,15-16,19,27H,3,9,14,17-18,20H2,1-2H3,(H,33,37)/t27-/m1/s1. The van der Waals surface area contributed by atoms with Crippen molar-refractivity contribution in [2.75, 3.05) is 23.7 Å². The Morgan fingerprint density at radius 2 is 1.68 bits per heavy atom. The summed E-state index contributed by atoms with van der Waals surface area (Å²) in [5, 5.41) is 3.29. The van der Waals surface area contributed by atoms with Crippen LogP contribution in [0, 0.1) is 5.82 Å². The summed E-state index contributed by atoms with van der Waals surface area (Å²) in [6, 6.07) is 18.9. The van der Waals surface area contributed by atoms with Crippen molar-refractivity contribution in [2.45, 2.75) is 38.8 Å². The predicted octanol–water partition coefficient (Wildman–Crippen LogP) is 5.45. The lowest BCUT2D eigenvalue weighted by Crippen LogP contribution is -2.50. The third kappa shape index (κ3) is 8.68. The molecule has 3 aromatic rings. The second-order valence-electron chi connectivity index (χ2n) is 9.25. The summed E-state index contributed by atoms with van der Waals surface area (Å²) < 4.78 is 40.9. The molecule has 0 aromatic heterocycles. The SMILES string of the molecule is CCNC(=O)[C@@H](Cc1ccccc1)N(Cc1ccccc1F)C(=O)CCCN(c1cc(Cl)ccc1Cl)S(C)(=O)=O. The molecule has 0 heterocycles. The predicted molar refractivity (Wildman–Crippen MR) is 157 cm³/mol. The molecular formula is C29H32Cl2FN3O4S. The Morgan fingerprint density at radius 3 is 2.33 bits per heavy atom. The highest BCUT2D eigenvalue weighted by atomic mass is 35.5. The number of sulfonamides is 1. The molecule has 1 atom stereocenters. The fourth-order valence-electron chi connectivity index (χ4n) is 4.32. The van der Waals surface area contributed by atoms with Crippen molar-refractivity contribution >= 4 is 50.7 Å². The summed E-state index contributed by atoms with van der Waals surface area (Å²) >= 11 is 12.3. The maximum absolute atomic E-state index is 14.7. The molecule has 0 aliphatic carbocycles. The molecule has 0 bridgehead atoms. The van der Waals surface area contributed by atoms with Gasteiger partial charge in [-0.25, -0.2) is 12.8 Å². The van der Waals surface area contributed by atoms with Crippen LogP contribution in [0.25, 0.3) is 0 Å². The molecule has 3 rings (SSSR count). The molecule has 2 amide bonds. The Bertz CT molecular complexity index is 1420. The highest BCUT2D eigenvalue weighted by Crippen LogP contribution is 2.31. The van der Waals surface area contributed by atoms with Crippen molar-refractivity contribution in [3.63, 3.8) is 0 Å². The van der Waals surface area contributed by atoms with Gasteiger partial charge in [0.25, 0.3) is 0 Å². The van der Waals surface area contributed by atoms with Gasteiger partial charge in [0, 0.05) is 43.1 Å². The van der Waals surface area contributed by atoms with Crippen molar-refractivity contribution in [3.8, 4) is 0 Å². The highest BCUT2D eigenvalue weighted by molar-refractivity contribution is 7.92. The van der Waals surface area contributed by atoms with E-state index < -0.39 is 27.8 Å². The van der Waals surface area contributed by atoms with Crippen LogP contribution in [0.3, 0.4) is 0 Å². The molecule has 0 saturated carbocycles. The number of benzene rings is 3. The van der Waals surface area contributed by atoms with E-state index in [1.165, 1.54) is 23.1 Å². The number of hydrogen-bond acceptors (Lipinski definition) is 4. The second-order valence-corrected chi connectivity index (χ2v) is 12.0. The van der Waals surface area contributed by atoms with Gasteiger partial charge in [0.15, 0.2) is 0 Å². The van der Waals surface area contributed by atoms with Gasteiger partial charge in [-0.15, -0.1) is 0 Å². The lowest BCUT2D eigenvalue weighted by Gasteiger charge is -2.32. The number of anilines is 1. The zero-order chi connectivity index (χ0) is 29.3. The van der Waals surface area contributed by atoms with E-state index in [2.05, 4.69) is 5.32 Å². The summed E-state index contributed by atoms with van der Waals surface area (Å²) in [6.45, 7) is 1.95. The number of carbonyl (C=O) groups excluding carboxylic acids is 2. The minimum Gasteiger partial charge on any atom is -0.355 e. The maximum Gasteiger partial charge on any atom is 0.243 e. The van der Waals surface area contributed by atoms with E-state index in [9.17, 15) is 22.4 Å². The molecular weight excluding hydrogens is 576 g/mol. The van der Waals surface area contributed by atoms with Crippen LogP contribution >= 0.6 is 23.2 Å². The van der Waals surface area contributed by atoms with Crippen LogP contribution in [0.4, 0.5) is 10.1 Å². The molecule has 11 heteroatoms. The molecule has 7 nitrogen and oxygen atoms in total. The smallest absolute Gasteiger partial charge is 0.243 e. The fraction of sp³-hybridized carbons (Fsp3) is 0.310. The van der Waals surface area contributed by atoms with Crippen LogP contribution in [0.2, 0.25) is 10.0 Å². The van der Waals surface area contributed by atoms with Crippen molar-refractivity contribution in [1.29, 1.82) is 0 Å². The van der Waals surface area contributed by atoms with E-state index in [0.717, 1.165) is 16.1 Å². The van der Waals surface area contributed by atoms with Crippen molar-refractivity contribution in [3.05, 3.63) is 99.8 Å². The first-order chi connectivity index (χ1) is 19.0. The Kier molecular flexibility index (Phi) is 11.4. The molecule has 0 spiro atoms. The number of nitrogens with zero attached hydrogens (tertiary/aromatic N) is 2. The Morgan fingerprint density at radius 1 is 1.00 bits per heavy atom. The quantitative estimate of drug-likeness (QED) is 0.280. The molecule has 0 radical (unpaired) electrons. The van der Waals surface area contributed by atoms with Gasteiger partial charge in [-0.3, -0.25) is 13.9 Å². The minimum absolute atomic E-state index is 0.0529. The van der Waals surface area contributed by atoms with E-state index in [4.69, 9.17) is 23.2 Å². The highest BCUT2D eigenvalue weighted by Gasteiger charge is 2.31. The Labute approximate surface area is 244 Å². The zero-order valence-corrected chi connectivity index (χ0v) is 24.6. The van der Waals surface area contributed by atoms with Crippen LogP contribution in [0.5, 0.6) is 0 Å². The Hall–Kier alpha value is -3.14. The van der Waals surface area contributed by atoms with Crippen molar-refractivity contribution < 1.29 is 22.4 Å². The first-order valence-corrected chi connectivity index (χ1v) is 15.4. The van der Waals surface area contributed by atoms with Crippen LogP contribution < -0.4 is 9.62 Å². The van der Waals surface area contributed by atoms with E-state index in [-0.39, 0.29) is 54.5 Å². The number of halogens is 3. The molecule has 0 aliphatic rings. The van der Waals surface area contributed by atoms with Crippen LogP contribution in [0.1, 0.15) is 30.9 Å². The molecule has 0 unspecified atom stereocenters. The lowest BCUT2D eigenvalue weighted by atomic mass is 10.0. The Balaban J connectivity index is 1.89. The average molecular weight is 609 g/mol. The van der Waals surface area contributed by atoms with Gasteiger partial charge in [-0.1, -0.05) is 71.7 Å². The normalized spacial score (nSPS) is 12.0. The number of likely N-dealkylation sites (N-methyl/N-ethyl adjacent to an activating group) is 1. The number of rotatable bonds is 13. The number of amides is 2. The molecule has 0 saturated heterocycles. The topological polar surface area (TPSA) is 86.8 Å². The number of hydrogen-bond donors (Lipinski definition) is 1. The summed E-state index contributed by atoms with van der Waals surface area (Å²) in [7, 11) is -3.76. The van der Waals surface area contributed by atoms with Gasteiger partial charge >= 0.3 is 0 Å². The van der Waals surface area contributed by atoms with E-state index in [1.807, 2.05) is 30.3 Å². The van der Waals surface area contributed by atoms with Crippen molar-refractivity contribution in [1.82, 2.24) is 10.2 Å². The third-order valence-corrected chi connectivity index (χ3v) is 7.98. The van der Waals surface area contributed by atoms with E-state index in [1.54, 1.807) is 31.2 Å². The molecule has 1 N–H and O–H groups in total. The second kappa shape index (κ2) is 14.5. The molecule has 214 valence electrons. The summed E-state index contributed by atoms with van der Waals surface area (Å²) in [4.78, 5) is 28.3. The fourth-order valence-corrected chi connectivity index (χ4v) is 5.72. The number of carbonyl (C=O) groups is 2. The van der Waals surface area contributed by atoms with Crippen molar-refractivity contribution in [2.24, 2.45) is 0 Å². The minimum atomic E-state index is -3.76. The first kappa shape index (κ1) is 31.4. The molecule has 3 aromatic carbocycles. The van der Waals surface area contributed by atoms with Gasteiger partial charge in [-0.2, -0.15) is 0 Å². The number of nitrogens with one attached hydrogen (secondary N) is 1. The van der Waals surface area contributed by atoms with Crippen LogP contribution in [-0.4, -0.2) is 50.5 Å². The monoisotopic (exact) mass is 607 g/mol. The van der Waals surface area contributed by atoms with Gasteiger partial charge in [0.1, 0.15) is 11.9 Å². The largest absolute Gasteiger partial charge is 0.355 e. The summed E-state index contributed by atoms with van der Waals surface area (Å²) in [5.41, 5.74) is 1.31. The van der Waals surface area contributed by atoms with Gasteiger partial charge in [0.2, 0.25) is 21.8 Å².